The molecule has 3 heteroatoms. The summed E-state index contributed by atoms with van der Waals surface area (Å²) >= 11 is 1.60. The number of benzene rings is 1. The number of hydrogen-bond donors (Lipinski definition) is 1. The van der Waals surface area contributed by atoms with Crippen LogP contribution in [0.3, 0.4) is 0 Å². The van der Waals surface area contributed by atoms with Gasteiger partial charge in [0.25, 0.3) is 0 Å². The van der Waals surface area contributed by atoms with E-state index < -0.39 is 5.97 Å². The average Bonchev–Trinajstić information content (AvgIpc) is 2.65. The standard InChI is InChI=1S/C14H14O2S/c1-9-3-4-12(10(2)5-9)13-6-11(8-17-13)7-14(15)16/h3-6,8H,7H2,1-2H3,(H,15,16). The molecule has 0 aliphatic rings. The molecule has 0 amide bonds. The van der Waals surface area contributed by atoms with E-state index >= 15 is 0 Å². The maximum atomic E-state index is 10.6. The number of carboxylic acid groups (broad SMARTS) is 1. The second-order valence-electron chi connectivity index (χ2n) is 4.21. The van der Waals surface area contributed by atoms with Crippen molar-refractivity contribution in [1.29, 1.82) is 0 Å². The number of thiophene rings is 1. The summed E-state index contributed by atoms with van der Waals surface area (Å²) in [5.74, 6) is -0.782. The molecular formula is C14H14O2S. The number of aliphatic carboxylic acids is 1. The summed E-state index contributed by atoms with van der Waals surface area (Å²) in [5.41, 5.74) is 4.54. The van der Waals surface area contributed by atoms with Crippen molar-refractivity contribution in [3.8, 4) is 10.4 Å². The van der Waals surface area contributed by atoms with E-state index in [1.807, 2.05) is 11.4 Å². The van der Waals surface area contributed by atoms with E-state index in [0.717, 1.165) is 10.4 Å². The molecule has 2 rings (SSSR count). The zero-order chi connectivity index (χ0) is 12.4. The van der Waals surface area contributed by atoms with Crippen LogP contribution in [-0.2, 0) is 11.2 Å². The Morgan fingerprint density at radius 2 is 2.06 bits per heavy atom. The van der Waals surface area contributed by atoms with Crippen LogP contribution in [0, 0.1) is 13.8 Å². The Bertz CT molecular complexity index is 555. The zero-order valence-electron chi connectivity index (χ0n) is 9.86. The topological polar surface area (TPSA) is 37.3 Å². The van der Waals surface area contributed by atoms with Crippen LogP contribution in [0.5, 0.6) is 0 Å². The van der Waals surface area contributed by atoms with Gasteiger partial charge in [-0.05, 0) is 42.0 Å². The van der Waals surface area contributed by atoms with Gasteiger partial charge >= 0.3 is 5.97 Å². The first kappa shape index (κ1) is 11.9. The third-order valence-corrected chi connectivity index (χ3v) is 3.67. The maximum Gasteiger partial charge on any atom is 0.307 e. The summed E-state index contributed by atoms with van der Waals surface area (Å²) < 4.78 is 0. The van der Waals surface area contributed by atoms with Crippen LogP contribution < -0.4 is 0 Å². The Balaban J connectivity index is 2.33. The lowest BCUT2D eigenvalue weighted by atomic mass is 10.0. The smallest absolute Gasteiger partial charge is 0.307 e. The normalized spacial score (nSPS) is 10.5. The zero-order valence-corrected chi connectivity index (χ0v) is 10.7. The summed E-state index contributed by atoms with van der Waals surface area (Å²) in [6.07, 6.45) is 0.0986. The van der Waals surface area contributed by atoms with Crippen LogP contribution in [0.2, 0.25) is 0 Å². The second-order valence-corrected chi connectivity index (χ2v) is 5.12. The molecule has 0 saturated heterocycles. The van der Waals surface area contributed by atoms with Crippen molar-refractivity contribution in [1.82, 2.24) is 0 Å². The Morgan fingerprint density at radius 3 is 2.71 bits per heavy atom. The van der Waals surface area contributed by atoms with Crippen molar-refractivity contribution in [3.63, 3.8) is 0 Å². The van der Waals surface area contributed by atoms with E-state index in [4.69, 9.17) is 5.11 Å². The van der Waals surface area contributed by atoms with E-state index in [1.54, 1.807) is 11.3 Å². The predicted molar refractivity (Wildman–Crippen MR) is 70.6 cm³/mol. The van der Waals surface area contributed by atoms with Crippen LogP contribution >= 0.6 is 11.3 Å². The van der Waals surface area contributed by atoms with Gasteiger partial charge in [-0.2, -0.15) is 0 Å². The van der Waals surface area contributed by atoms with Crippen molar-refractivity contribution >= 4 is 17.3 Å². The third kappa shape index (κ3) is 2.74. The highest BCUT2D eigenvalue weighted by Gasteiger charge is 2.07. The Morgan fingerprint density at radius 1 is 1.29 bits per heavy atom. The summed E-state index contributed by atoms with van der Waals surface area (Å²) in [7, 11) is 0. The number of carbonyl (C=O) groups is 1. The summed E-state index contributed by atoms with van der Waals surface area (Å²) in [5, 5.41) is 10.7. The first-order valence-corrected chi connectivity index (χ1v) is 6.31. The molecule has 0 aliphatic heterocycles. The van der Waals surface area contributed by atoms with Gasteiger partial charge in [-0.15, -0.1) is 11.3 Å². The van der Waals surface area contributed by atoms with Gasteiger partial charge in [0.1, 0.15) is 0 Å². The van der Waals surface area contributed by atoms with E-state index in [9.17, 15) is 4.79 Å². The minimum atomic E-state index is -0.782. The van der Waals surface area contributed by atoms with E-state index in [2.05, 4.69) is 32.0 Å². The minimum absolute atomic E-state index is 0.0986. The predicted octanol–water partition coefficient (Wildman–Crippen LogP) is 3.66. The molecule has 0 spiro atoms. The molecule has 88 valence electrons. The van der Waals surface area contributed by atoms with E-state index in [0.29, 0.717) is 0 Å². The molecule has 0 aliphatic carbocycles. The van der Waals surface area contributed by atoms with Gasteiger partial charge in [0.2, 0.25) is 0 Å². The molecule has 2 nitrogen and oxygen atoms in total. The molecule has 0 fully saturated rings. The number of hydrogen-bond acceptors (Lipinski definition) is 2. The molecule has 0 bridgehead atoms. The highest BCUT2D eigenvalue weighted by molar-refractivity contribution is 7.13. The van der Waals surface area contributed by atoms with Crippen molar-refractivity contribution < 1.29 is 9.90 Å². The van der Waals surface area contributed by atoms with Gasteiger partial charge in [-0.3, -0.25) is 4.79 Å². The number of aryl methyl sites for hydroxylation is 2. The highest BCUT2D eigenvalue weighted by atomic mass is 32.1. The van der Waals surface area contributed by atoms with Crippen LogP contribution in [0.25, 0.3) is 10.4 Å². The molecular weight excluding hydrogens is 232 g/mol. The van der Waals surface area contributed by atoms with Gasteiger partial charge < -0.3 is 5.11 Å². The molecule has 0 radical (unpaired) electrons. The average molecular weight is 246 g/mol. The van der Waals surface area contributed by atoms with Crippen molar-refractivity contribution in [2.45, 2.75) is 20.3 Å². The number of rotatable bonds is 3. The molecule has 0 atom stereocenters. The van der Waals surface area contributed by atoms with Gasteiger partial charge in [-0.1, -0.05) is 23.8 Å². The first-order valence-electron chi connectivity index (χ1n) is 5.43. The summed E-state index contributed by atoms with van der Waals surface area (Å²) in [4.78, 5) is 11.8. The Labute approximate surface area is 105 Å². The molecule has 0 unspecified atom stereocenters. The van der Waals surface area contributed by atoms with Gasteiger partial charge in [0.05, 0.1) is 6.42 Å². The third-order valence-electron chi connectivity index (χ3n) is 2.66. The maximum absolute atomic E-state index is 10.6. The largest absolute Gasteiger partial charge is 0.481 e. The van der Waals surface area contributed by atoms with Crippen LogP contribution in [-0.4, -0.2) is 11.1 Å². The second kappa shape index (κ2) is 4.72. The van der Waals surface area contributed by atoms with Crippen LogP contribution in [0.4, 0.5) is 0 Å². The fraction of sp³-hybridized carbons (Fsp3) is 0.214. The van der Waals surface area contributed by atoms with Crippen molar-refractivity contribution in [3.05, 3.63) is 46.3 Å². The summed E-state index contributed by atoms with van der Waals surface area (Å²) in [6, 6.07) is 8.29. The van der Waals surface area contributed by atoms with Crippen LogP contribution in [0.1, 0.15) is 16.7 Å². The minimum Gasteiger partial charge on any atom is -0.481 e. The highest BCUT2D eigenvalue weighted by Crippen LogP contribution is 2.30. The molecule has 1 heterocycles. The summed E-state index contributed by atoms with van der Waals surface area (Å²) in [6.45, 7) is 4.15. The van der Waals surface area contributed by atoms with Gasteiger partial charge in [0.15, 0.2) is 0 Å². The van der Waals surface area contributed by atoms with Crippen molar-refractivity contribution in [2.24, 2.45) is 0 Å². The van der Waals surface area contributed by atoms with Gasteiger partial charge in [0, 0.05) is 4.88 Å². The lowest BCUT2D eigenvalue weighted by Gasteiger charge is -2.03. The lowest BCUT2D eigenvalue weighted by Crippen LogP contribution is -1.97. The monoisotopic (exact) mass is 246 g/mol. The molecule has 1 aromatic heterocycles. The Hall–Kier alpha value is -1.61. The first-order chi connectivity index (χ1) is 8.06. The van der Waals surface area contributed by atoms with E-state index in [1.165, 1.54) is 16.7 Å². The quantitative estimate of drug-likeness (QED) is 0.897. The van der Waals surface area contributed by atoms with E-state index in [-0.39, 0.29) is 6.42 Å². The number of carboxylic acids is 1. The molecule has 1 aromatic carbocycles. The molecule has 17 heavy (non-hydrogen) atoms. The fourth-order valence-electron chi connectivity index (χ4n) is 1.87. The Kier molecular flexibility index (Phi) is 3.29. The molecule has 2 aromatic rings. The van der Waals surface area contributed by atoms with Gasteiger partial charge in [-0.25, -0.2) is 0 Å². The fourth-order valence-corrected chi connectivity index (χ4v) is 2.88. The molecule has 0 saturated carbocycles. The molecule has 1 N–H and O–H groups in total. The van der Waals surface area contributed by atoms with Crippen LogP contribution in [0.15, 0.2) is 29.6 Å². The van der Waals surface area contributed by atoms with Crippen molar-refractivity contribution in [2.75, 3.05) is 0 Å². The SMILES string of the molecule is Cc1ccc(-c2cc(CC(=O)O)cs2)c(C)c1. The lowest BCUT2D eigenvalue weighted by molar-refractivity contribution is -0.136.